The van der Waals surface area contributed by atoms with Crippen LogP contribution in [-0.2, 0) is 23.6 Å². The molecule has 0 heterocycles. The molecule has 0 aromatic carbocycles. The third kappa shape index (κ3) is 8.14. The molecule has 0 unspecified atom stereocenters. The lowest BCUT2D eigenvalue weighted by molar-refractivity contribution is -0.145. The summed E-state index contributed by atoms with van der Waals surface area (Å²) in [6.45, 7) is 3.63. The molecule has 3 N–H and O–H groups in total. The average molecular weight is 354 g/mol. The summed E-state index contributed by atoms with van der Waals surface area (Å²) in [7, 11) is 0. The highest BCUT2D eigenvalue weighted by Crippen LogP contribution is 2.51. The smallest absolute Gasteiger partial charge is 0.323 e. The fourth-order valence-electron chi connectivity index (χ4n) is 1.44. The van der Waals surface area contributed by atoms with Gasteiger partial charge >= 0.3 is 11.9 Å². The van der Waals surface area contributed by atoms with Crippen LogP contribution in [0.5, 0.6) is 0 Å². The van der Waals surface area contributed by atoms with E-state index in [4.69, 9.17) is 15.2 Å². The molecule has 2 atom stereocenters. The number of esters is 2. The van der Waals surface area contributed by atoms with E-state index in [9.17, 15) is 14.2 Å². The minimum atomic E-state index is -3.31. The summed E-state index contributed by atoms with van der Waals surface area (Å²) in [6, 6.07) is -1.60. The van der Waals surface area contributed by atoms with Gasteiger partial charge in [-0.25, -0.2) is 10.2 Å². The van der Waals surface area contributed by atoms with Gasteiger partial charge in [0.05, 0.1) is 13.2 Å². The van der Waals surface area contributed by atoms with Crippen molar-refractivity contribution in [2.24, 2.45) is 0 Å². The van der Waals surface area contributed by atoms with Crippen LogP contribution in [0, 0.1) is 0 Å². The molecular weight excluding hydrogens is 329 g/mol. The molecule has 0 amide bonds. The van der Waals surface area contributed by atoms with Crippen LogP contribution < -0.4 is 15.9 Å². The first kappa shape index (κ1) is 21.4. The number of nitrogens with one attached hydrogen (secondary N) is 3. The normalized spacial score (nSPS) is 14.2. The van der Waals surface area contributed by atoms with Crippen LogP contribution in [0.1, 0.15) is 27.7 Å². The fourth-order valence-corrected chi connectivity index (χ4v) is 5.68. The van der Waals surface area contributed by atoms with Crippen LogP contribution in [0.2, 0.25) is 0 Å². The molecule has 0 fully saturated rings. The van der Waals surface area contributed by atoms with E-state index in [1.807, 2.05) is 0 Å². The largest absolute Gasteiger partial charge is 0.465 e. The zero-order valence-corrected chi connectivity index (χ0v) is 15.1. The van der Waals surface area contributed by atoms with E-state index in [1.165, 1.54) is 13.8 Å². The second-order valence-corrected chi connectivity index (χ2v) is 8.94. The lowest BCUT2D eigenvalue weighted by Crippen LogP contribution is -2.40. The maximum absolute atomic E-state index is 12.9. The van der Waals surface area contributed by atoms with E-state index in [1.54, 1.807) is 13.8 Å². The maximum atomic E-state index is 12.9. The van der Waals surface area contributed by atoms with Gasteiger partial charge in [-0.3, -0.25) is 19.9 Å². The van der Waals surface area contributed by atoms with Crippen LogP contribution in [0.4, 0.5) is 0 Å². The van der Waals surface area contributed by atoms with Gasteiger partial charge in [0.1, 0.15) is 12.1 Å². The third-order valence-corrected chi connectivity index (χ3v) is 6.86. The third-order valence-electron chi connectivity index (χ3n) is 2.38. The molecule has 0 rings (SSSR count). The molecule has 0 aliphatic heterocycles. The first-order valence-corrected chi connectivity index (χ1v) is 10.4. The number of rotatable bonds is 11. The summed E-state index contributed by atoms with van der Waals surface area (Å²) in [6.07, 6.45) is 0. The number of carbonyl (C=O) groups is 2. The topological polar surface area (TPSA) is 118 Å². The molecular formula is C12H25N3O5PS. The van der Waals surface area contributed by atoms with Gasteiger partial charge in [-0.15, -0.1) is 0 Å². The molecule has 129 valence electrons. The van der Waals surface area contributed by atoms with Crippen LogP contribution in [0.3, 0.4) is 0 Å². The summed E-state index contributed by atoms with van der Waals surface area (Å²) >= 11 is 0.982. The molecule has 0 aromatic heterocycles. The molecule has 0 saturated heterocycles. The summed E-state index contributed by atoms with van der Waals surface area (Å²) in [5, 5.41) is 5.36. The van der Waals surface area contributed by atoms with Crippen LogP contribution in [-0.4, -0.2) is 49.5 Å². The average Bonchev–Trinajstić information content (AvgIpc) is 2.45. The van der Waals surface area contributed by atoms with E-state index in [0.717, 1.165) is 11.4 Å². The van der Waals surface area contributed by atoms with Crippen molar-refractivity contribution in [2.75, 3.05) is 25.5 Å². The maximum Gasteiger partial charge on any atom is 0.323 e. The minimum absolute atomic E-state index is 0.0690. The number of hydrogen-bond donors (Lipinski definition) is 2. The highest BCUT2D eigenvalue weighted by Gasteiger charge is 2.32. The van der Waals surface area contributed by atoms with Gasteiger partial charge in [0.25, 0.3) is 6.65 Å². The van der Waals surface area contributed by atoms with E-state index < -0.39 is 30.7 Å². The van der Waals surface area contributed by atoms with Gasteiger partial charge in [-0.05, 0) is 27.7 Å². The Labute approximate surface area is 135 Å². The predicted molar refractivity (Wildman–Crippen MR) is 86.5 cm³/mol. The molecule has 0 aromatic rings. The molecule has 0 aliphatic carbocycles. The summed E-state index contributed by atoms with van der Waals surface area (Å²) in [4.78, 5) is 23.3. The first-order chi connectivity index (χ1) is 10.3. The molecule has 22 heavy (non-hydrogen) atoms. The van der Waals surface area contributed by atoms with Gasteiger partial charge in [-0.2, -0.15) is 0 Å². The summed E-state index contributed by atoms with van der Waals surface area (Å²) in [5.41, 5.74) is 7.17. The molecule has 0 aliphatic rings. The van der Waals surface area contributed by atoms with Crippen molar-refractivity contribution in [3.05, 3.63) is 0 Å². The second kappa shape index (κ2) is 11.0. The van der Waals surface area contributed by atoms with Crippen LogP contribution >= 0.6 is 18.0 Å². The monoisotopic (exact) mass is 354 g/mol. The van der Waals surface area contributed by atoms with Crippen molar-refractivity contribution in [1.82, 2.24) is 15.9 Å². The van der Waals surface area contributed by atoms with Crippen molar-refractivity contribution in [3.8, 4) is 0 Å². The lowest BCUT2D eigenvalue weighted by Gasteiger charge is -2.25. The van der Waals surface area contributed by atoms with Crippen molar-refractivity contribution in [1.29, 1.82) is 0 Å². The Kier molecular flexibility index (Phi) is 10.7. The Morgan fingerprint density at radius 2 is 1.50 bits per heavy atom. The number of carbonyl (C=O) groups excluding carboxylic acids is 2. The van der Waals surface area contributed by atoms with Gasteiger partial charge in [0.15, 0.2) is 0 Å². The fraction of sp³-hybridized carbons (Fsp3) is 0.833. The molecule has 0 bridgehead atoms. The Balaban J connectivity index is 4.87. The SMILES string of the molecule is CCOC(=O)[C@H](C)NP(=O)(N[C@@H](C)C(=O)OCC)SCC[NH]. The first-order valence-electron chi connectivity index (χ1n) is 7.07. The Morgan fingerprint density at radius 3 is 1.82 bits per heavy atom. The van der Waals surface area contributed by atoms with Crippen molar-refractivity contribution < 1.29 is 23.6 Å². The standard InChI is InChI=1S/C12H25N3O5PS/c1-5-19-11(16)9(3)14-21(18,22-8-7-13)15-10(4)12(17)20-6-2/h9-10,13H,5-8H2,1-4H3,(H2,14,15,18)/t9-,10-/m0/s1. The molecule has 8 nitrogen and oxygen atoms in total. The van der Waals surface area contributed by atoms with E-state index in [0.29, 0.717) is 5.75 Å². The quantitative estimate of drug-likeness (QED) is 0.420. The van der Waals surface area contributed by atoms with Gasteiger partial charge in [0.2, 0.25) is 0 Å². The highest BCUT2D eigenvalue weighted by molar-refractivity contribution is 8.56. The van der Waals surface area contributed by atoms with E-state index in [-0.39, 0.29) is 19.8 Å². The van der Waals surface area contributed by atoms with Crippen molar-refractivity contribution in [3.63, 3.8) is 0 Å². The second-order valence-electron chi connectivity index (χ2n) is 4.34. The van der Waals surface area contributed by atoms with Crippen molar-refractivity contribution >= 4 is 30.0 Å². The van der Waals surface area contributed by atoms with E-state index >= 15 is 0 Å². The van der Waals surface area contributed by atoms with Gasteiger partial charge in [0, 0.05) is 12.3 Å². The highest BCUT2D eigenvalue weighted by atomic mass is 32.7. The number of ether oxygens (including phenoxy) is 2. The van der Waals surface area contributed by atoms with Crippen LogP contribution in [0.15, 0.2) is 0 Å². The van der Waals surface area contributed by atoms with Crippen molar-refractivity contribution in [2.45, 2.75) is 39.8 Å². The molecule has 0 saturated carbocycles. The summed E-state index contributed by atoms with van der Waals surface area (Å²) < 4.78 is 22.6. The van der Waals surface area contributed by atoms with Gasteiger partial charge in [-0.1, -0.05) is 11.4 Å². The zero-order valence-electron chi connectivity index (χ0n) is 13.4. The molecule has 1 radical (unpaired) electrons. The van der Waals surface area contributed by atoms with Crippen LogP contribution in [0.25, 0.3) is 0 Å². The zero-order chi connectivity index (χ0) is 17.2. The Bertz CT molecular complexity index is 380. The molecule has 10 heteroatoms. The Morgan fingerprint density at radius 1 is 1.09 bits per heavy atom. The number of hydrogen-bond acceptors (Lipinski definition) is 6. The summed E-state index contributed by atoms with van der Waals surface area (Å²) in [5.74, 6) is -0.762. The van der Waals surface area contributed by atoms with Gasteiger partial charge < -0.3 is 9.47 Å². The van der Waals surface area contributed by atoms with E-state index in [2.05, 4.69) is 10.2 Å². The predicted octanol–water partition coefficient (Wildman–Crippen LogP) is 1.19. The minimum Gasteiger partial charge on any atom is -0.465 e. The Hall–Kier alpha value is -0.600. The molecule has 0 spiro atoms. The lowest BCUT2D eigenvalue weighted by atomic mass is 10.4.